The molecule has 0 radical (unpaired) electrons. The van der Waals surface area contributed by atoms with E-state index in [9.17, 15) is 24.3 Å². The van der Waals surface area contributed by atoms with Crippen LogP contribution < -0.4 is 15.4 Å². The maximum absolute atomic E-state index is 14.5. The standard InChI is InChI=1S/C38H44N6O7/c1-6-26-21-38(26,35(47)48)40-33(45)28-20-27-22-43(28)34(46)32(37(2,3)4)39-36(49)51-18-12-8-11-15-24-19-25(16-17-29(24)50-5)31-30(41-44(27)42-31)23-13-9-7-10-14-23/h6-7,9-11,13-17,19,26-28,32H,1,8,12,18,20-22H2,2-5H3,(H,39,49)(H,40,45)(H,47,48)/b15-11+/t26-,27-,28+,32-,38-/m1/s1. The number of rotatable bonds is 6. The SMILES string of the molecule is C=C[C@@H]1C[C@]1(NC(=O)[C@@H]1C[C@@H]2CN1C(=O)[C@H](C(C)(C)C)NC(=O)OCCC/C=C/c1cc(ccc1OC)-c1nn2nc1-c1ccccc1)C(=O)O. The van der Waals surface area contributed by atoms with Crippen molar-refractivity contribution in [3.63, 3.8) is 0 Å². The topological polar surface area (TPSA) is 165 Å². The number of alkyl carbamates (subject to hydrolysis) is 1. The fourth-order valence-corrected chi connectivity index (χ4v) is 6.82. The minimum absolute atomic E-state index is 0.0319. The third-order valence-corrected chi connectivity index (χ3v) is 9.82. The van der Waals surface area contributed by atoms with Gasteiger partial charge in [0.1, 0.15) is 34.8 Å². The van der Waals surface area contributed by atoms with Crippen LogP contribution in [0.3, 0.4) is 0 Å². The van der Waals surface area contributed by atoms with Gasteiger partial charge in [-0.05, 0) is 42.9 Å². The number of allylic oxidation sites excluding steroid dienone is 1. The smallest absolute Gasteiger partial charge is 0.407 e. The highest BCUT2D eigenvalue weighted by atomic mass is 16.5. The largest absolute Gasteiger partial charge is 0.496 e. The molecule has 1 saturated heterocycles. The van der Waals surface area contributed by atoms with Crippen molar-refractivity contribution in [3.05, 3.63) is 72.8 Å². The summed E-state index contributed by atoms with van der Waals surface area (Å²) >= 11 is 0. The van der Waals surface area contributed by atoms with Gasteiger partial charge in [0.25, 0.3) is 0 Å². The van der Waals surface area contributed by atoms with Crippen LogP contribution in [0.2, 0.25) is 0 Å². The number of aliphatic carboxylic acids is 1. The number of carbonyl (C=O) groups excluding carboxylic acids is 3. The van der Waals surface area contributed by atoms with E-state index in [1.54, 1.807) is 11.9 Å². The average molecular weight is 697 g/mol. The second-order valence-electron chi connectivity index (χ2n) is 14.4. The lowest BCUT2D eigenvalue weighted by molar-refractivity contribution is -0.146. The van der Waals surface area contributed by atoms with Gasteiger partial charge < -0.3 is 30.1 Å². The molecule has 3 aromatic rings. The van der Waals surface area contributed by atoms with Crippen molar-refractivity contribution in [2.24, 2.45) is 11.3 Å². The molecular weight excluding hydrogens is 652 g/mol. The molecule has 2 aliphatic heterocycles. The van der Waals surface area contributed by atoms with Gasteiger partial charge in [0.2, 0.25) is 11.8 Å². The number of hydrogen-bond donors (Lipinski definition) is 3. The highest BCUT2D eigenvalue weighted by Gasteiger charge is 2.61. The second-order valence-corrected chi connectivity index (χ2v) is 14.4. The summed E-state index contributed by atoms with van der Waals surface area (Å²) in [7, 11) is 1.61. The summed E-state index contributed by atoms with van der Waals surface area (Å²) < 4.78 is 11.1. The number of hydrogen-bond acceptors (Lipinski definition) is 8. The van der Waals surface area contributed by atoms with Crippen LogP contribution in [0.5, 0.6) is 5.75 Å². The van der Waals surface area contributed by atoms with E-state index in [1.807, 2.05) is 81.5 Å². The number of amides is 3. The number of fused-ring (bicyclic) bond motifs is 8. The summed E-state index contributed by atoms with van der Waals surface area (Å²) in [5, 5.41) is 25.5. The van der Waals surface area contributed by atoms with Gasteiger partial charge in [-0.3, -0.25) is 9.59 Å². The van der Waals surface area contributed by atoms with Gasteiger partial charge in [-0.2, -0.15) is 15.0 Å². The van der Waals surface area contributed by atoms with Crippen LogP contribution in [0.15, 0.2) is 67.3 Å². The van der Waals surface area contributed by atoms with E-state index >= 15 is 0 Å². The number of ether oxygens (including phenoxy) is 2. The normalized spacial score (nSPS) is 25.7. The van der Waals surface area contributed by atoms with Crippen LogP contribution in [0, 0.1) is 11.3 Å². The van der Waals surface area contributed by atoms with Crippen molar-refractivity contribution >= 4 is 30.0 Å². The molecule has 3 amide bonds. The number of benzene rings is 2. The lowest BCUT2D eigenvalue weighted by atomic mass is 9.85. The Morgan fingerprint density at radius 1 is 1.12 bits per heavy atom. The first-order valence-corrected chi connectivity index (χ1v) is 17.1. The van der Waals surface area contributed by atoms with Crippen LogP contribution in [0.1, 0.15) is 58.1 Å². The first-order valence-electron chi connectivity index (χ1n) is 17.1. The molecule has 1 saturated carbocycles. The number of carboxylic acid groups (broad SMARTS) is 1. The van der Waals surface area contributed by atoms with Gasteiger partial charge in [-0.25, -0.2) is 9.59 Å². The molecular formula is C38H44N6O7. The van der Waals surface area contributed by atoms with E-state index in [0.717, 1.165) is 16.7 Å². The van der Waals surface area contributed by atoms with Crippen molar-refractivity contribution in [2.45, 2.75) is 70.1 Å². The van der Waals surface area contributed by atoms with Crippen LogP contribution >= 0.6 is 0 Å². The molecule has 13 heteroatoms. The second kappa shape index (κ2) is 14.0. The number of nitrogens with one attached hydrogen (secondary N) is 2. The van der Waals surface area contributed by atoms with Crippen LogP contribution in [0.4, 0.5) is 4.79 Å². The van der Waals surface area contributed by atoms with Crippen molar-refractivity contribution in [3.8, 4) is 28.3 Å². The fraction of sp³-hybridized carbons (Fsp3) is 0.421. The third kappa shape index (κ3) is 7.10. The number of methoxy groups -OCH3 is 1. The summed E-state index contributed by atoms with van der Waals surface area (Å²) in [6.45, 7) is 9.32. The number of cyclic esters (lactones) is 1. The Balaban J connectivity index is 1.46. The Morgan fingerprint density at radius 3 is 2.49 bits per heavy atom. The highest BCUT2D eigenvalue weighted by molar-refractivity contribution is 5.96. The zero-order valence-corrected chi connectivity index (χ0v) is 29.3. The summed E-state index contributed by atoms with van der Waals surface area (Å²) in [5.74, 6) is -2.06. The fourth-order valence-electron chi connectivity index (χ4n) is 6.82. The molecule has 1 aliphatic carbocycles. The van der Waals surface area contributed by atoms with Crippen molar-refractivity contribution in [1.29, 1.82) is 0 Å². The van der Waals surface area contributed by atoms with Gasteiger partial charge >= 0.3 is 12.1 Å². The van der Waals surface area contributed by atoms with Crippen LogP contribution in [-0.4, -0.2) is 86.8 Å². The zero-order chi connectivity index (χ0) is 36.5. The van der Waals surface area contributed by atoms with E-state index in [-0.39, 0.29) is 26.0 Å². The minimum Gasteiger partial charge on any atom is -0.496 e. The van der Waals surface area contributed by atoms with E-state index in [1.165, 1.54) is 11.0 Å². The number of carboxylic acids is 1. The Hall–Kier alpha value is -5.46. The number of nitrogens with zero attached hydrogens (tertiary/aromatic N) is 4. The zero-order valence-electron chi connectivity index (χ0n) is 29.3. The predicted octanol–water partition coefficient (Wildman–Crippen LogP) is 4.86. The molecule has 13 nitrogen and oxygen atoms in total. The van der Waals surface area contributed by atoms with Gasteiger partial charge in [0.15, 0.2) is 0 Å². The number of carbonyl (C=O) groups is 4. The molecule has 0 unspecified atom stereocenters. The Labute approximate surface area is 296 Å². The maximum atomic E-state index is 14.5. The Kier molecular flexibility index (Phi) is 9.74. The first-order chi connectivity index (χ1) is 24.4. The van der Waals surface area contributed by atoms with Crippen molar-refractivity contribution < 1.29 is 33.8 Å². The summed E-state index contributed by atoms with van der Waals surface area (Å²) in [5.41, 5.74) is 1.39. The Morgan fingerprint density at radius 2 is 1.84 bits per heavy atom. The van der Waals surface area contributed by atoms with Crippen molar-refractivity contribution in [2.75, 3.05) is 20.3 Å². The average Bonchev–Trinajstić information content (AvgIpc) is 3.41. The van der Waals surface area contributed by atoms with E-state index in [2.05, 4.69) is 17.2 Å². The lowest BCUT2D eigenvalue weighted by Gasteiger charge is -2.35. The van der Waals surface area contributed by atoms with E-state index < -0.39 is 58.9 Å². The maximum Gasteiger partial charge on any atom is 0.407 e. The van der Waals surface area contributed by atoms with Crippen LogP contribution in [-0.2, 0) is 19.1 Å². The highest BCUT2D eigenvalue weighted by Crippen LogP contribution is 2.45. The molecule has 2 aromatic carbocycles. The van der Waals surface area contributed by atoms with Crippen LogP contribution in [0.25, 0.3) is 28.6 Å². The molecule has 6 bridgehead atoms. The van der Waals surface area contributed by atoms with Gasteiger partial charge in [-0.1, -0.05) is 69.3 Å². The molecule has 6 rings (SSSR count). The summed E-state index contributed by atoms with van der Waals surface area (Å²) in [6.07, 6.45) is 6.16. The molecule has 51 heavy (non-hydrogen) atoms. The summed E-state index contributed by atoms with van der Waals surface area (Å²) in [6, 6.07) is 12.7. The first kappa shape index (κ1) is 35.4. The molecule has 268 valence electrons. The molecule has 5 atom stereocenters. The minimum atomic E-state index is -1.50. The predicted molar refractivity (Wildman–Crippen MR) is 189 cm³/mol. The van der Waals surface area contributed by atoms with E-state index in [0.29, 0.717) is 30.0 Å². The molecule has 3 heterocycles. The quantitative estimate of drug-likeness (QED) is 0.306. The molecule has 3 N–H and O–H groups in total. The van der Waals surface area contributed by atoms with E-state index in [4.69, 9.17) is 19.7 Å². The third-order valence-electron chi connectivity index (χ3n) is 9.82. The molecule has 3 aliphatic rings. The molecule has 2 fully saturated rings. The van der Waals surface area contributed by atoms with Gasteiger partial charge in [0.05, 0.1) is 19.8 Å². The lowest BCUT2D eigenvalue weighted by Crippen LogP contribution is -2.59. The van der Waals surface area contributed by atoms with Gasteiger partial charge in [0, 0.05) is 35.6 Å². The van der Waals surface area contributed by atoms with Crippen molar-refractivity contribution in [1.82, 2.24) is 30.5 Å². The van der Waals surface area contributed by atoms with Gasteiger partial charge in [-0.15, -0.1) is 6.58 Å². The monoisotopic (exact) mass is 696 g/mol. The Bertz CT molecular complexity index is 1870. The molecule has 0 spiro atoms. The number of aromatic nitrogens is 3. The summed E-state index contributed by atoms with van der Waals surface area (Å²) in [4.78, 5) is 56.8. The molecule has 1 aromatic heterocycles.